The number of thiazole rings is 1. The summed E-state index contributed by atoms with van der Waals surface area (Å²) in [6.07, 6.45) is 3.06. The van der Waals surface area contributed by atoms with Crippen molar-refractivity contribution >= 4 is 71.2 Å². The first kappa shape index (κ1) is 29.8. The van der Waals surface area contributed by atoms with Crippen molar-refractivity contribution in [2.24, 2.45) is 4.99 Å². The predicted octanol–water partition coefficient (Wildman–Crippen LogP) is 7.13. The van der Waals surface area contributed by atoms with Crippen LogP contribution in [0.25, 0.3) is 17.4 Å². The van der Waals surface area contributed by atoms with E-state index in [2.05, 4.69) is 47.8 Å². The number of hydrogen-bond acceptors (Lipinski definition) is 7. The summed E-state index contributed by atoms with van der Waals surface area (Å²) in [7, 11) is 1.58. The smallest absolute Gasteiger partial charge is 0.338 e. The van der Waals surface area contributed by atoms with Crippen LogP contribution in [0.5, 0.6) is 5.75 Å². The number of halogens is 3. The maximum atomic E-state index is 14.0. The SMILES string of the molecule is CCCC1=C(C(=O)OCC)[C@@H](c2ccc(OC)c(Br)c2)n2c(s/c(=C/c3ccc(-c4cc(Br)ccc4Br)o3)c2=O)=N1. The van der Waals surface area contributed by atoms with Crippen molar-refractivity contribution in [1.29, 1.82) is 0 Å². The minimum absolute atomic E-state index is 0.208. The van der Waals surface area contributed by atoms with Gasteiger partial charge in [0.1, 0.15) is 17.3 Å². The van der Waals surface area contributed by atoms with Gasteiger partial charge in [-0.05, 0) is 77.3 Å². The monoisotopic (exact) mass is 762 g/mol. The fourth-order valence-corrected chi connectivity index (χ4v) is 7.04. The minimum atomic E-state index is -0.721. The van der Waals surface area contributed by atoms with Crippen LogP contribution in [-0.4, -0.2) is 24.3 Å². The maximum absolute atomic E-state index is 14.0. The van der Waals surface area contributed by atoms with Gasteiger partial charge in [-0.1, -0.05) is 62.6 Å². The van der Waals surface area contributed by atoms with Gasteiger partial charge in [0.25, 0.3) is 5.56 Å². The molecule has 11 heteroatoms. The van der Waals surface area contributed by atoms with Crippen LogP contribution in [0.4, 0.5) is 0 Å². The second-order valence-electron chi connectivity index (χ2n) is 9.13. The molecule has 212 valence electrons. The number of aromatic nitrogens is 1. The average Bonchev–Trinajstić information content (AvgIpc) is 3.53. The Morgan fingerprint density at radius 1 is 1.10 bits per heavy atom. The molecule has 0 saturated heterocycles. The van der Waals surface area contributed by atoms with Crippen LogP contribution in [0, 0.1) is 0 Å². The predicted molar refractivity (Wildman–Crippen MR) is 170 cm³/mol. The van der Waals surface area contributed by atoms with E-state index in [-0.39, 0.29) is 12.2 Å². The summed E-state index contributed by atoms with van der Waals surface area (Å²) >= 11 is 11.9. The van der Waals surface area contributed by atoms with Crippen molar-refractivity contribution in [2.75, 3.05) is 13.7 Å². The Bertz CT molecular complexity index is 1850. The number of rotatable bonds is 8. The Morgan fingerprint density at radius 3 is 2.61 bits per heavy atom. The van der Waals surface area contributed by atoms with Gasteiger partial charge in [-0.3, -0.25) is 9.36 Å². The van der Waals surface area contributed by atoms with Crippen LogP contribution in [0.2, 0.25) is 0 Å². The quantitative estimate of drug-likeness (QED) is 0.178. The highest BCUT2D eigenvalue weighted by Gasteiger charge is 2.34. The number of esters is 1. The number of benzene rings is 2. The third-order valence-electron chi connectivity index (χ3n) is 6.48. The van der Waals surface area contributed by atoms with Crippen LogP contribution in [0.15, 0.2) is 87.4 Å². The first-order valence-corrected chi connectivity index (χ1v) is 16.1. The molecule has 5 rings (SSSR count). The fourth-order valence-electron chi connectivity index (χ4n) is 4.68. The molecular weight excluding hydrogens is 740 g/mol. The first-order valence-electron chi connectivity index (χ1n) is 12.9. The summed E-state index contributed by atoms with van der Waals surface area (Å²) in [5.74, 6) is 1.34. The number of nitrogens with zero attached hydrogens (tertiary/aromatic N) is 2. The number of methoxy groups -OCH3 is 1. The third-order valence-corrected chi connectivity index (χ3v) is 9.27. The van der Waals surface area contributed by atoms with Crippen molar-refractivity contribution in [2.45, 2.75) is 32.7 Å². The number of hydrogen-bond donors (Lipinski definition) is 0. The third kappa shape index (κ3) is 5.95. The summed E-state index contributed by atoms with van der Waals surface area (Å²) in [4.78, 5) is 32.7. The number of furan rings is 1. The lowest BCUT2D eigenvalue weighted by Crippen LogP contribution is -2.40. The van der Waals surface area contributed by atoms with Gasteiger partial charge in [0, 0.05) is 20.6 Å². The zero-order chi connectivity index (χ0) is 29.3. The topological polar surface area (TPSA) is 83.0 Å². The fraction of sp³-hybridized carbons (Fsp3) is 0.233. The van der Waals surface area contributed by atoms with E-state index in [4.69, 9.17) is 18.9 Å². The molecular formula is C30H25Br3N2O5S. The van der Waals surface area contributed by atoms with E-state index in [1.165, 1.54) is 11.3 Å². The van der Waals surface area contributed by atoms with E-state index < -0.39 is 12.0 Å². The molecule has 41 heavy (non-hydrogen) atoms. The molecule has 0 radical (unpaired) electrons. The Hall–Kier alpha value is -2.73. The lowest BCUT2D eigenvalue weighted by atomic mass is 9.94. The highest BCUT2D eigenvalue weighted by molar-refractivity contribution is 9.11. The van der Waals surface area contributed by atoms with Crippen LogP contribution in [-0.2, 0) is 9.53 Å². The zero-order valence-corrected chi connectivity index (χ0v) is 27.9. The molecule has 0 N–H and O–H groups in total. The molecule has 2 aromatic carbocycles. The second kappa shape index (κ2) is 12.6. The van der Waals surface area contributed by atoms with Crippen molar-refractivity contribution < 1.29 is 18.7 Å². The molecule has 4 aromatic rings. The molecule has 1 atom stereocenters. The summed E-state index contributed by atoms with van der Waals surface area (Å²) in [6, 6.07) is 14.3. The van der Waals surface area contributed by atoms with Crippen molar-refractivity contribution in [3.63, 3.8) is 0 Å². The van der Waals surface area contributed by atoms with E-state index >= 15 is 0 Å². The van der Waals surface area contributed by atoms with Crippen LogP contribution >= 0.6 is 59.1 Å². The molecule has 2 aromatic heterocycles. The second-order valence-corrected chi connectivity index (χ2v) is 12.8. The summed E-state index contributed by atoms with van der Waals surface area (Å²) in [6.45, 7) is 3.99. The minimum Gasteiger partial charge on any atom is -0.496 e. The van der Waals surface area contributed by atoms with Crippen molar-refractivity contribution in [3.8, 4) is 17.1 Å². The zero-order valence-electron chi connectivity index (χ0n) is 22.4. The lowest BCUT2D eigenvalue weighted by Gasteiger charge is -2.26. The van der Waals surface area contributed by atoms with Gasteiger partial charge in [0.05, 0.1) is 40.0 Å². The molecule has 3 heterocycles. The molecule has 0 fully saturated rings. The molecule has 0 amide bonds. The number of carbonyl (C=O) groups is 1. The van der Waals surface area contributed by atoms with Crippen molar-refractivity contribution in [1.82, 2.24) is 4.57 Å². The highest BCUT2D eigenvalue weighted by atomic mass is 79.9. The van der Waals surface area contributed by atoms with E-state index in [0.29, 0.717) is 48.8 Å². The Balaban J connectivity index is 1.69. The number of fused-ring (bicyclic) bond motifs is 1. The molecule has 0 bridgehead atoms. The Labute approximate surface area is 265 Å². The maximum Gasteiger partial charge on any atom is 0.338 e. The van der Waals surface area contributed by atoms with Crippen LogP contribution in [0.1, 0.15) is 44.1 Å². The largest absolute Gasteiger partial charge is 0.496 e. The number of allylic oxidation sites excluding steroid dienone is 1. The number of ether oxygens (including phenoxy) is 2. The molecule has 0 unspecified atom stereocenters. The van der Waals surface area contributed by atoms with Gasteiger partial charge >= 0.3 is 5.97 Å². The molecule has 1 aliphatic rings. The van der Waals surface area contributed by atoms with E-state index in [1.54, 1.807) is 24.7 Å². The normalized spacial score (nSPS) is 15.1. The van der Waals surface area contributed by atoms with Crippen molar-refractivity contribution in [3.05, 3.63) is 104 Å². The molecule has 0 aliphatic carbocycles. The summed E-state index contributed by atoms with van der Waals surface area (Å²) in [5, 5.41) is 0. The summed E-state index contributed by atoms with van der Waals surface area (Å²) in [5.41, 5.74) is 2.33. The van der Waals surface area contributed by atoms with Crippen LogP contribution < -0.4 is 19.6 Å². The van der Waals surface area contributed by atoms with Gasteiger partial charge in [0.2, 0.25) is 0 Å². The van der Waals surface area contributed by atoms with Gasteiger partial charge in [0.15, 0.2) is 4.80 Å². The van der Waals surface area contributed by atoms with Gasteiger partial charge in [-0.15, -0.1) is 0 Å². The Kier molecular flexibility index (Phi) is 9.18. The standard InChI is InChI=1S/C30H25Br3N2O5S/c1-4-6-22-26(29(37)39-5-2)27(16-7-11-24(38-3)21(33)13-16)35-28(36)25(41-30(35)34-22)15-18-9-12-23(40-18)19-14-17(31)8-10-20(19)32/h7-15,27H,4-6H2,1-3H3/b25-15+/t27-/m1/s1. The van der Waals surface area contributed by atoms with Gasteiger partial charge in [-0.2, -0.15) is 0 Å². The van der Waals surface area contributed by atoms with E-state index in [0.717, 1.165) is 26.5 Å². The first-order chi connectivity index (χ1) is 19.7. The Morgan fingerprint density at radius 2 is 1.90 bits per heavy atom. The lowest BCUT2D eigenvalue weighted by molar-refractivity contribution is -0.139. The molecule has 7 nitrogen and oxygen atoms in total. The van der Waals surface area contributed by atoms with E-state index in [1.807, 2.05) is 55.5 Å². The highest BCUT2D eigenvalue weighted by Crippen LogP contribution is 2.36. The average molecular weight is 765 g/mol. The number of carbonyl (C=O) groups excluding carboxylic acids is 1. The molecule has 0 saturated carbocycles. The molecule has 1 aliphatic heterocycles. The van der Waals surface area contributed by atoms with E-state index in [9.17, 15) is 9.59 Å². The van der Waals surface area contributed by atoms with Crippen LogP contribution in [0.3, 0.4) is 0 Å². The molecule has 0 spiro atoms. The van der Waals surface area contributed by atoms with Gasteiger partial charge in [-0.25, -0.2) is 9.79 Å². The summed E-state index contributed by atoms with van der Waals surface area (Å²) < 4.78 is 21.5. The van der Waals surface area contributed by atoms with Gasteiger partial charge < -0.3 is 13.9 Å².